The van der Waals surface area contributed by atoms with E-state index >= 15 is 0 Å². The van der Waals surface area contributed by atoms with E-state index in [1.165, 1.54) is 6.42 Å². The molecule has 1 aromatic heterocycles. The van der Waals surface area contributed by atoms with Gasteiger partial charge in [0, 0.05) is 16.5 Å². The first kappa shape index (κ1) is 12.9. The number of aromatic amines is 1. The Bertz CT molecular complexity index is 556. The van der Waals surface area contributed by atoms with E-state index in [-0.39, 0.29) is 6.04 Å². The zero-order valence-corrected chi connectivity index (χ0v) is 11.8. The zero-order chi connectivity index (χ0) is 13.2. The van der Waals surface area contributed by atoms with Gasteiger partial charge in [-0.15, -0.1) is 0 Å². The van der Waals surface area contributed by atoms with Gasteiger partial charge < -0.3 is 5.32 Å². The molecule has 0 spiro atoms. The third-order valence-corrected chi connectivity index (χ3v) is 3.65. The lowest BCUT2D eigenvalue weighted by Gasteiger charge is -2.03. The summed E-state index contributed by atoms with van der Waals surface area (Å²) in [5.41, 5.74) is 1.03. The number of nitrogens with one attached hydrogen (secondary N) is 2. The van der Waals surface area contributed by atoms with E-state index < -0.39 is 0 Å². The van der Waals surface area contributed by atoms with Crippen molar-refractivity contribution in [3.63, 3.8) is 0 Å². The molecule has 1 aliphatic rings. The molecular formula is C13H14Cl2N4. The van der Waals surface area contributed by atoms with Crippen molar-refractivity contribution in [2.45, 2.75) is 25.3 Å². The van der Waals surface area contributed by atoms with Crippen LogP contribution in [0.5, 0.6) is 0 Å². The second kappa shape index (κ2) is 5.49. The molecule has 1 aliphatic heterocycles. The Balaban J connectivity index is 1.76. The van der Waals surface area contributed by atoms with Crippen LogP contribution in [0.1, 0.15) is 36.1 Å². The van der Waals surface area contributed by atoms with Crippen LogP contribution in [0.15, 0.2) is 18.2 Å². The number of hydrogen-bond donors (Lipinski definition) is 2. The molecule has 1 fully saturated rings. The van der Waals surface area contributed by atoms with Gasteiger partial charge in [0.2, 0.25) is 0 Å². The van der Waals surface area contributed by atoms with E-state index in [4.69, 9.17) is 23.2 Å². The lowest BCUT2D eigenvalue weighted by molar-refractivity contribution is 0.607. The quantitative estimate of drug-likeness (QED) is 0.915. The molecule has 0 radical (unpaired) electrons. The Morgan fingerprint density at radius 3 is 2.68 bits per heavy atom. The molecule has 19 heavy (non-hydrogen) atoms. The summed E-state index contributed by atoms with van der Waals surface area (Å²) < 4.78 is 0. The molecule has 1 atom stereocenters. The van der Waals surface area contributed by atoms with Crippen LogP contribution in [0.3, 0.4) is 0 Å². The number of halogens is 2. The molecule has 0 saturated carbocycles. The minimum absolute atomic E-state index is 0.285. The maximum absolute atomic E-state index is 5.98. The largest absolute Gasteiger partial charge is 0.307 e. The van der Waals surface area contributed by atoms with E-state index in [0.717, 1.165) is 30.2 Å². The first-order chi connectivity index (χ1) is 9.20. The number of aromatic nitrogens is 3. The highest BCUT2D eigenvalue weighted by Gasteiger charge is 2.20. The maximum Gasteiger partial charge on any atom is 0.167 e. The van der Waals surface area contributed by atoms with Crippen molar-refractivity contribution in [2.75, 3.05) is 6.54 Å². The van der Waals surface area contributed by atoms with Crippen molar-refractivity contribution >= 4 is 23.2 Å². The number of rotatable bonds is 3. The van der Waals surface area contributed by atoms with Gasteiger partial charge in [-0.1, -0.05) is 23.2 Å². The highest BCUT2D eigenvalue weighted by atomic mass is 35.5. The molecule has 3 rings (SSSR count). The van der Waals surface area contributed by atoms with Crippen molar-refractivity contribution in [2.24, 2.45) is 0 Å². The predicted molar refractivity (Wildman–Crippen MR) is 75.6 cm³/mol. The maximum atomic E-state index is 5.98. The molecular weight excluding hydrogens is 283 g/mol. The fourth-order valence-electron chi connectivity index (χ4n) is 2.36. The Hall–Kier alpha value is -1.10. The van der Waals surface area contributed by atoms with Crippen LogP contribution in [0.4, 0.5) is 0 Å². The normalized spacial score (nSPS) is 18.9. The first-order valence-corrected chi connectivity index (χ1v) is 7.06. The van der Waals surface area contributed by atoms with Gasteiger partial charge in [0.15, 0.2) is 5.82 Å². The van der Waals surface area contributed by atoms with Crippen LogP contribution in [0.2, 0.25) is 10.0 Å². The van der Waals surface area contributed by atoms with E-state index in [1.807, 2.05) is 12.1 Å². The third-order valence-electron chi connectivity index (χ3n) is 3.21. The van der Waals surface area contributed by atoms with Gasteiger partial charge in [-0.2, -0.15) is 5.10 Å². The molecule has 1 unspecified atom stereocenters. The summed E-state index contributed by atoms with van der Waals surface area (Å²) >= 11 is 12.0. The standard InChI is InChI=1S/C13H14Cl2N4/c14-9-4-8(5-10(15)7-9)6-12-17-13(19-18-12)11-2-1-3-16-11/h4-5,7,11,16H,1-3,6H2,(H,17,18,19). The fourth-order valence-corrected chi connectivity index (χ4v) is 2.93. The Kier molecular flexibility index (Phi) is 3.73. The summed E-state index contributed by atoms with van der Waals surface area (Å²) in [6.07, 6.45) is 2.93. The van der Waals surface area contributed by atoms with Gasteiger partial charge in [0.25, 0.3) is 0 Å². The van der Waals surface area contributed by atoms with E-state index in [2.05, 4.69) is 20.5 Å². The molecule has 2 heterocycles. The topological polar surface area (TPSA) is 53.6 Å². The smallest absolute Gasteiger partial charge is 0.167 e. The molecule has 2 aromatic rings. The summed E-state index contributed by atoms with van der Waals surface area (Å²) in [6.45, 7) is 1.04. The highest BCUT2D eigenvalue weighted by Crippen LogP contribution is 2.22. The number of benzene rings is 1. The van der Waals surface area contributed by atoms with Crippen LogP contribution >= 0.6 is 23.2 Å². The molecule has 0 aliphatic carbocycles. The number of H-pyrrole nitrogens is 1. The molecule has 0 bridgehead atoms. The molecule has 2 N–H and O–H groups in total. The molecule has 1 saturated heterocycles. The number of hydrogen-bond acceptors (Lipinski definition) is 3. The second-order valence-electron chi connectivity index (χ2n) is 4.74. The SMILES string of the molecule is Clc1cc(Cl)cc(Cc2nc(C3CCCN3)n[nH]2)c1. The van der Waals surface area contributed by atoms with Gasteiger partial charge in [-0.3, -0.25) is 5.10 Å². The molecule has 4 nitrogen and oxygen atoms in total. The lowest BCUT2D eigenvalue weighted by Crippen LogP contribution is -2.14. The summed E-state index contributed by atoms with van der Waals surface area (Å²) in [7, 11) is 0. The average molecular weight is 297 g/mol. The Morgan fingerprint density at radius 1 is 1.21 bits per heavy atom. The van der Waals surface area contributed by atoms with Gasteiger partial charge in [0.05, 0.1) is 6.04 Å². The Morgan fingerprint density at radius 2 is 2.00 bits per heavy atom. The van der Waals surface area contributed by atoms with E-state index in [1.54, 1.807) is 6.07 Å². The Labute approximate surface area is 121 Å². The zero-order valence-electron chi connectivity index (χ0n) is 10.3. The number of nitrogens with zero attached hydrogens (tertiary/aromatic N) is 2. The first-order valence-electron chi connectivity index (χ1n) is 6.30. The molecule has 6 heteroatoms. The van der Waals surface area contributed by atoms with E-state index in [0.29, 0.717) is 16.5 Å². The van der Waals surface area contributed by atoms with Crippen LogP contribution in [-0.4, -0.2) is 21.7 Å². The minimum Gasteiger partial charge on any atom is -0.307 e. The van der Waals surface area contributed by atoms with Gasteiger partial charge in [0.1, 0.15) is 5.82 Å². The lowest BCUT2D eigenvalue weighted by atomic mass is 10.1. The van der Waals surface area contributed by atoms with E-state index in [9.17, 15) is 0 Å². The summed E-state index contributed by atoms with van der Waals surface area (Å²) in [5.74, 6) is 1.68. The molecule has 100 valence electrons. The van der Waals surface area contributed by atoms with Gasteiger partial charge in [-0.05, 0) is 43.1 Å². The highest BCUT2D eigenvalue weighted by molar-refractivity contribution is 6.34. The van der Waals surface area contributed by atoms with Crippen molar-refractivity contribution in [3.05, 3.63) is 45.5 Å². The molecule has 1 aromatic carbocycles. The van der Waals surface area contributed by atoms with Gasteiger partial charge >= 0.3 is 0 Å². The second-order valence-corrected chi connectivity index (χ2v) is 5.62. The summed E-state index contributed by atoms with van der Waals surface area (Å²) in [6, 6.07) is 5.79. The summed E-state index contributed by atoms with van der Waals surface area (Å²) in [4.78, 5) is 4.53. The van der Waals surface area contributed by atoms with Crippen LogP contribution in [-0.2, 0) is 6.42 Å². The van der Waals surface area contributed by atoms with Crippen LogP contribution in [0, 0.1) is 0 Å². The monoisotopic (exact) mass is 296 g/mol. The predicted octanol–water partition coefficient (Wildman–Crippen LogP) is 3.13. The van der Waals surface area contributed by atoms with Gasteiger partial charge in [-0.25, -0.2) is 4.98 Å². The third kappa shape index (κ3) is 3.08. The van der Waals surface area contributed by atoms with Crippen molar-refractivity contribution in [1.29, 1.82) is 0 Å². The van der Waals surface area contributed by atoms with Crippen molar-refractivity contribution < 1.29 is 0 Å². The molecule has 0 amide bonds. The summed E-state index contributed by atoms with van der Waals surface area (Å²) in [5, 5.41) is 11.9. The fraction of sp³-hybridized carbons (Fsp3) is 0.385. The van der Waals surface area contributed by atoms with Crippen molar-refractivity contribution in [1.82, 2.24) is 20.5 Å². The van der Waals surface area contributed by atoms with Crippen molar-refractivity contribution in [3.8, 4) is 0 Å². The van der Waals surface area contributed by atoms with Crippen LogP contribution in [0.25, 0.3) is 0 Å². The average Bonchev–Trinajstić information content (AvgIpc) is 2.96. The van der Waals surface area contributed by atoms with Crippen LogP contribution < -0.4 is 5.32 Å². The minimum atomic E-state index is 0.285.